The van der Waals surface area contributed by atoms with E-state index in [1.807, 2.05) is 37.3 Å². The zero-order chi connectivity index (χ0) is 24.0. The lowest BCUT2D eigenvalue weighted by molar-refractivity contribution is -0.112. The number of amides is 1. The van der Waals surface area contributed by atoms with Gasteiger partial charge in [0.05, 0.1) is 10.8 Å². The molecule has 0 aliphatic carbocycles. The van der Waals surface area contributed by atoms with Crippen LogP contribution in [0, 0.1) is 18.3 Å². The van der Waals surface area contributed by atoms with Crippen LogP contribution in [0.1, 0.15) is 23.6 Å². The molecule has 3 rings (SSSR count). The van der Waals surface area contributed by atoms with Crippen molar-refractivity contribution in [1.82, 2.24) is 9.36 Å². The van der Waals surface area contributed by atoms with Crippen LogP contribution in [0.5, 0.6) is 5.75 Å². The maximum absolute atomic E-state index is 12.4. The van der Waals surface area contributed by atoms with Gasteiger partial charge in [-0.15, -0.1) is 0 Å². The fourth-order valence-electron chi connectivity index (χ4n) is 2.57. The number of carbonyl (C=O) groups excluding carboxylic acids is 1. The lowest BCUT2D eigenvalue weighted by Gasteiger charge is -2.09. The van der Waals surface area contributed by atoms with E-state index in [-0.39, 0.29) is 21.6 Å². The van der Waals surface area contributed by atoms with Crippen LogP contribution >= 0.6 is 23.1 Å². The maximum atomic E-state index is 12.4. The predicted molar refractivity (Wildman–Crippen MR) is 127 cm³/mol. The first kappa shape index (κ1) is 24.4. The number of rotatable bonds is 8. The van der Waals surface area contributed by atoms with Crippen molar-refractivity contribution in [3.8, 4) is 11.8 Å². The van der Waals surface area contributed by atoms with Crippen molar-refractivity contribution in [3.05, 3.63) is 69.8 Å². The maximum Gasteiger partial charge on any atom is 0.268 e. The number of anilines is 1. The van der Waals surface area contributed by atoms with E-state index in [9.17, 15) is 18.5 Å². The molecule has 11 heteroatoms. The molecule has 0 bridgehead atoms. The molecular weight excluding hydrogens is 484 g/mol. The van der Waals surface area contributed by atoms with Crippen molar-refractivity contribution in [3.63, 3.8) is 0 Å². The summed E-state index contributed by atoms with van der Waals surface area (Å²) in [5.74, 6) is -0.438. The molecule has 8 nitrogen and oxygen atoms in total. The Labute approximate surface area is 200 Å². The summed E-state index contributed by atoms with van der Waals surface area (Å²) in [7, 11) is -3.59. The van der Waals surface area contributed by atoms with E-state index in [0.717, 1.165) is 11.1 Å². The number of hydrogen-bond acceptors (Lipinski definition) is 8. The summed E-state index contributed by atoms with van der Waals surface area (Å²) >= 11 is 7.02. The number of halogens is 1. The highest BCUT2D eigenvalue weighted by Gasteiger charge is 2.20. The molecule has 1 heterocycles. The van der Waals surface area contributed by atoms with Crippen LogP contribution in [-0.2, 0) is 21.2 Å². The molecule has 33 heavy (non-hydrogen) atoms. The van der Waals surface area contributed by atoms with Gasteiger partial charge in [0.2, 0.25) is 15.0 Å². The molecule has 0 unspecified atom stereocenters. The van der Waals surface area contributed by atoms with Gasteiger partial charge >= 0.3 is 0 Å². The van der Waals surface area contributed by atoms with Crippen LogP contribution in [0.2, 0.25) is 5.02 Å². The molecule has 2 aromatic carbocycles. The number of nitriles is 1. The van der Waals surface area contributed by atoms with Gasteiger partial charge in [0.1, 0.15) is 24.0 Å². The first-order valence-electron chi connectivity index (χ1n) is 9.69. The van der Waals surface area contributed by atoms with E-state index in [1.165, 1.54) is 13.0 Å². The number of hydrogen-bond donors (Lipinski definition) is 1. The van der Waals surface area contributed by atoms with E-state index < -0.39 is 15.7 Å². The summed E-state index contributed by atoms with van der Waals surface area (Å²) in [6.07, 6.45) is 1.36. The fraction of sp³-hybridized carbons (Fsp3) is 0.182. The predicted octanol–water partition coefficient (Wildman–Crippen LogP) is 4.42. The summed E-state index contributed by atoms with van der Waals surface area (Å²) in [6, 6.07) is 14.6. The van der Waals surface area contributed by atoms with Gasteiger partial charge in [0.25, 0.3) is 11.1 Å². The third kappa shape index (κ3) is 6.38. The van der Waals surface area contributed by atoms with E-state index in [4.69, 9.17) is 16.3 Å². The fourth-order valence-corrected chi connectivity index (χ4v) is 4.39. The minimum absolute atomic E-state index is 0.0222. The molecule has 0 aliphatic heterocycles. The van der Waals surface area contributed by atoms with Gasteiger partial charge in [-0.05, 0) is 36.3 Å². The number of sulfone groups is 1. The second-order valence-electron chi connectivity index (χ2n) is 6.87. The minimum Gasteiger partial charge on any atom is -0.487 e. The molecule has 0 radical (unpaired) electrons. The van der Waals surface area contributed by atoms with Crippen molar-refractivity contribution in [2.24, 2.45) is 0 Å². The Balaban J connectivity index is 1.70. The molecule has 0 spiro atoms. The zero-order valence-electron chi connectivity index (χ0n) is 17.7. The van der Waals surface area contributed by atoms with Crippen LogP contribution in [0.3, 0.4) is 0 Å². The Morgan fingerprint density at radius 1 is 1.27 bits per heavy atom. The van der Waals surface area contributed by atoms with Gasteiger partial charge < -0.3 is 4.74 Å². The van der Waals surface area contributed by atoms with Crippen LogP contribution in [0.15, 0.2) is 53.2 Å². The Hall–Kier alpha value is -3.26. The SMILES string of the molecule is CCS(=O)(=O)c1nsc(NC(=O)C(C#N)=Cc2ccc(OCc3ccc(C)cc3)c(Cl)c2)n1. The number of ether oxygens (including phenoxy) is 1. The van der Waals surface area contributed by atoms with E-state index in [0.29, 0.717) is 34.5 Å². The van der Waals surface area contributed by atoms with Crippen molar-refractivity contribution in [2.75, 3.05) is 11.1 Å². The average molecular weight is 503 g/mol. The summed E-state index contributed by atoms with van der Waals surface area (Å²) in [6.45, 7) is 3.82. The number of nitrogens with zero attached hydrogens (tertiary/aromatic N) is 3. The molecule has 0 aliphatic rings. The first-order valence-corrected chi connectivity index (χ1v) is 12.5. The van der Waals surface area contributed by atoms with Crippen LogP contribution in [0.25, 0.3) is 6.08 Å². The highest BCUT2D eigenvalue weighted by Crippen LogP contribution is 2.27. The van der Waals surface area contributed by atoms with E-state index in [1.54, 1.807) is 18.2 Å². The van der Waals surface area contributed by atoms with Crippen molar-refractivity contribution < 1.29 is 17.9 Å². The molecule has 0 atom stereocenters. The molecule has 1 N–H and O–H groups in total. The van der Waals surface area contributed by atoms with Gasteiger partial charge in [-0.1, -0.05) is 54.4 Å². The quantitative estimate of drug-likeness (QED) is 0.357. The van der Waals surface area contributed by atoms with Crippen molar-refractivity contribution in [1.29, 1.82) is 5.26 Å². The smallest absolute Gasteiger partial charge is 0.268 e. The number of carbonyl (C=O) groups is 1. The van der Waals surface area contributed by atoms with Crippen LogP contribution in [0.4, 0.5) is 5.13 Å². The molecule has 1 amide bonds. The third-order valence-corrected chi connectivity index (χ3v) is 6.97. The Bertz CT molecular complexity index is 1340. The Kier molecular flexibility index (Phi) is 7.81. The molecule has 170 valence electrons. The second kappa shape index (κ2) is 10.6. The number of aromatic nitrogens is 2. The summed E-state index contributed by atoms with van der Waals surface area (Å²) in [5, 5.41) is 11.7. The molecule has 0 fully saturated rings. The van der Waals surface area contributed by atoms with Gasteiger partial charge in [-0.2, -0.15) is 14.6 Å². The summed E-state index contributed by atoms with van der Waals surface area (Å²) in [5.41, 5.74) is 2.45. The van der Waals surface area contributed by atoms with Crippen LogP contribution in [-0.4, -0.2) is 29.4 Å². The number of aryl methyl sites for hydroxylation is 1. The number of nitrogens with one attached hydrogen (secondary N) is 1. The van der Waals surface area contributed by atoms with Crippen molar-refractivity contribution in [2.45, 2.75) is 25.6 Å². The highest BCUT2D eigenvalue weighted by atomic mass is 35.5. The second-order valence-corrected chi connectivity index (χ2v) is 10.2. The average Bonchev–Trinajstić information content (AvgIpc) is 3.27. The topological polar surface area (TPSA) is 122 Å². The lowest BCUT2D eigenvalue weighted by Crippen LogP contribution is -2.13. The first-order chi connectivity index (χ1) is 15.7. The zero-order valence-corrected chi connectivity index (χ0v) is 20.1. The van der Waals surface area contributed by atoms with Crippen molar-refractivity contribution >= 4 is 50.1 Å². The molecule has 1 aromatic heterocycles. The summed E-state index contributed by atoms with van der Waals surface area (Å²) in [4.78, 5) is 16.2. The number of benzene rings is 2. The molecule has 3 aromatic rings. The monoisotopic (exact) mass is 502 g/mol. The summed E-state index contributed by atoms with van der Waals surface area (Å²) < 4.78 is 33.1. The normalized spacial score (nSPS) is 11.6. The standard InChI is InChI=1S/C22H19ClN4O4S2/c1-3-33(29,30)22-26-21(32-27-22)25-20(28)17(12-24)10-16-8-9-19(18(23)11-16)31-13-15-6-4-14(2)5-7-15/h4-11H,3,13H2,1-2H3,(H,25,26,27,28). The lowest BCUT2D eigenvalue weighted by atomic mass is 10.1. The Morgan fingerprint density at radius 2 is 2.00 bits per heavy atom. The minimum atomic E-state index is -3.59. The Morgan fingerprint density at radius 3 is 2.64 bits per heavy atom. The molecule has 0 saturated carbocycles. The van der Waals surface area contributed by atoms with Gasteiger partial charge in [-0.25, -0.2) is 8.42 Å². The van der Waals surface area contributed by atoms with Gasteiger partial charge in [0, 0.05) is 11.5 Å². The van der Waals surface area contributed by atoms with E-state index in [2.05, 4.69) is 14.7 Å². The van der Waals surface area contributed by atoms with Gasteiger partial charge in [-0.3, -0.25) is 10.1 Å². The molecular formula is C22H19ClN4O4S2. The van der Waals surface area contributed by atoms with E-state index >= 15 is 0 Å². The van der Waals surface area contributed by atoms with Crippen LogP contribution < -0.4 is 10.1 Å². The third-order valence-electron chi connectivity index (χ3n) is 4.43. The molecule has 0 saturated heterocycles. The largest absolute Gasteiger partial charge is 0.487 e. The van der Waals surface area contributed by atoms with Gasteiger partial charge in [0.15, 0.2) is 0 Å². The highest BCUT2D eigenvalue weighted by molar-refractivity contribution is 7.91.